The van der Waals surface area contributed by atoms with Crippen LogP contribution in [0, 0.1) is 11.7 Å². The Morgan fingerprint density at radius 3 is 2.57 bits per heavy atom. The summed E-state index contributed by atoms with van der Waals surface area (Å²) in [6, 6.07) is 6.21. The number of hydrogen-bond acceptors (Lipinski definition) is 3. The summed E-state index contributed by atoms with van der Waals surface area (Å²) in [7, 11) is 1.98. The van der Waals surface area contributed by atoms with Gasteiger partial charge in [0.05, 0.1) is 6.54 Å². The number of amides is 1. The molecule has 1 aromatic rings. The third-order valence-electron chi connectivity index (χ3n) is 3.97. The fraction of sp³-hybridized carbons (Fsp3) is 0.562. The van der Waals surface area contributed by atoms with E-state index in [2.05, 4.69) is 15.5 Å². The van der Waals surface area contributed by atoms with Crippen LogP contribution in [-0.2, 0) is 11.3 Å². The maximum Gasteiger partial charge on any atom is 0.234 e. The average molecular weight is 293 g/mol. The molecule has 1 aliphatic rings. The number of piperidine rings is 1. The van der Waals surface area contributed by atoms with Crippen molar-refractivity contribution < 1.29 is 9.18 Å². The topological polar surface area (TPSA) is 44.4 Å². The van der Waals surface area contributed by atoms with Crippen molar-refractivity contribution in [2.75, 3.05) is 33.2 Å². The molecule has 21 heavy (non-hydrogen) atoms. The van der Waals surface area contributed by atoms with E-state index >= 15 is 0 Å². The molecule has 1 aromatic carbocycles. The van der Waals surface area contributed by atoms with Crippen molar-refractivity contribution in [2.45, 2.75) is 19.4 Å². The second-order valence-electron chi connectivity index (χ2n) is 5.68. The van der Waals surface area contributed by atoms with Gasteiger partial charge in [0.1, 0.15) is 5.82 Å². The van der Waals surface area contributed by atoms with Gasteiger partial charge in [-0.1, -0.05) is 12.1 Å². The van der Waals surface area contributed by atoms with Gasteiger partial charge in [0, 0.05) is 6.54 Å². The van der Waals surface area contributed by atoms with Crippen LogP contribution >= 0.6 is 0 Å². The summed E-state index contributed by atoms with van der Waals surface area (Å²) in [4.78, 5) is 14.1. The van der Waals surface area contributed by atoms with Gasteiger partial charge in [-0.25, -0.2) is 4.39 Å². The predicted octanol–water partition coefficient (Wildman–Crippen LogP) is 1.37. The SMILES string of the molecule is CNCC1CCN(CC(=O)NCc2ccc(F)cc2)CC1. The normalized spacial score (nSPS) is 16.9. The highest BCUT2D eigenvalue weighted by atomic mass is 19.1. The molecule has 0 aliphatic carbocycles. The van der Waals surface area contributed by atoms with Gasteiger partial charge in [0.15, 0.2) is 0 Å². The third-order valence-corrected chi connectivity index (χ3v) is 3.97. The first-order valence-electron chi connectivity index (χ1n) is 7.55. The van der Waals surface area contributed by atoms with E-state index in [1.165, 1.54) is 12.1 Å². The molecule has 0 radical (unpaired) electrons. The van der Waals surface area contributed by atoms with Crippen LogP contribution in [-0.4, -0.2) is 44.0 Å². The van der Waals surface area contributed by atoms with Crippen molar-refractivity contribution in [3.8, 4) is 0 Å². The molecule has 1 heterocycles. The van der Waals surface area contributed by atoms with Gasteiger partial charge in [-0.2, -0.15) is 0 Å². The Balaban J connectivity index is 1.67. The molecule has 1 fully saturated rings. The lowest BCUT2D eigenvalue weighted by atomic mass is 9.97. The van der Waals surface area contributed by atoms with Gasteiger partial charge < -0.3 is 10.6 Å². The number of likely N-dealkylation sites (tertiary alicyclic amines) is 1. The first kappa shape index (κ1) is 15.9. The number of hydrogen-bond donors (Lipinski definition) is 2. The van der Waals surface area contributed by atoms with Crippen LogP contribution in [0.25, 0.3) is 0 Å². The van der Waals surface area contributed by atoms with Crippen LogP contribution in [0.15, 0.2) is 24.3 Å². The zero-order valence-corrected chi connectivity index (χ0v) is 12.6. The molecule has 0 unspecified atom stereocenters. The molecule has 116 valence electrons. The third kappa shape index (κ3) is 5.44. The number of nitrogens with one attached hydrogen (secondary N) is 2. The van der Waals surface area contributed by atoms with Crippen LogP contribution in [0.4, 0.5) is 4.39 Å². The second kappa shape index (κ2) is 8.10. The highest BCUT2D eigenvalue weighted by molar-refractivity contribution is 5.78. The van der Waals surface area contributed by atoms with E-state index in [9.17, 15) is 9.18 Å². The van der Waals surface area contributed by atoms with Crippen LogP contribution in [0.2, 0.25) is 0 Å². The van der Waals surface area contributed by atoms with Crippen molar-refractivity contribution in [1.82, 2.24) is 15.5 Å². The Kier molecular flexibility index (Phi) is 6.14. The van der Waals surface area contributed by atoms with Crippen molar-refractivity contribution in [2.24, 2.45) is 5.92 Å². The van der Waals surface area contributed by atoms with Crippen molar-refractivity contribution >= 4 is 5.91 Å². The van der Waals surface area contributed by atoms with E-state index in [1.807, 2.05) is 7.05 Å². The average Bonchev–Trinajstić information content (AvgIpc) is 2.49. The number of rotatable bonds is 6. The molecule has 1 aliphatic heterocycles. The minimum atomic E-state index is -0.255. The van der Waals surface area contributed by atoms with Crippen LogP contribution < -0.4 is 10.6 Å². The fourth-order valence-electron chi connectivity index (χ4n) is 2.70. The lowest BCUT2D eigenvalue weighted by Gasteiger charge is -2.31. The molecule has 2 N–H and O–H groups in total. The summed E-state index contributed by atoms with van der Waals surface area (Å²) in [6.07, 6.45) is 2.29. The maximum absolute atomic E-state index is 12.8. The standard InChI is InChI=1S/C16H24FN3O/c1-18-10-14-6-8-20(9-7-14)12-16(21)19-11-13-2-4-15(17)5-3-13/h2-5,14,18H,6-12H2,1H3,(H,19,21). The van der Waals surface area contributed by atoms with Crippen molar-refractivity contribution in [3.63, 3.8) is 0 Å². The first-order valence-corrected chi connectivity index (χ1v) is 7.55. The van der Waals surface area contributed by atoms with Gasteiger partial charge in [-0.3, -0.25) is 9.69 Å². The minimum absolute atomic E-state index is 0.0337. The van der Waals surface area contributed by atoms with Gasteiger partial charge in [-0.15, -0.1) is 0 Å². The summed E-state index contributed by atoms with van der Waals surface area (Å²) < 4.78 is 12.8. The number of carbonyl (C=O) groups is 1. The number of benzene rings is 1. The molecular formula is C16H24FN3O. The molecule has 5 heteroatoms. The van der Waals surface area contributed by atoms with Gasteiger partial charge in [-0.05, 0) is 63.1 Å². The monoisotopic (exact) mass is 293 g/mol. The summed E-state index contributed by atoms with van der Waals surface area (Å²) in [6.45, 7) is 3.93. The number of carbonyl (C=O) groups excluding carboxylic acids is 1. The zero-order chi connectivity index (χ0) is 15.1. The quantitative estimate of drug-likeness (QED) is 0.833. The van der Waals surface area contributed by atoms with Crippen molar-refractivity contribution in [3.05, 3.63) is 35.6 Å². The molecular weight excluding hydrogens is 269 g/mol. The van der Waals surface area contributed by atoms with Crippen molar-refractivity contribution in [1.29, 1.82) is 0 Å². The fourth-order valence-corrected chi connectivity index (χ4v) is 2.70. The largest absolute Gasteiger partial charge is 0.351 e. The van der Waals surface area contributed by atoms with Gasteiger partial charge in [0.25, 0.3) is 0 Å². The maximum atomic E-state index is 12.8. The summed E-state index contributed by atoms with van der Waals surface area (Å²) in [5, 5.41) is 6.10. The Labute approximate surface area is 125 Å². The van der Waals surface area contributed by atoms with E-state index in [0.717, 1.165) is 44.0 Å². The molecule has 1 saturated heterocycles. The number of nitrogens with zero attached hydrogens (tertiary/aromatic N) is 1. The Morgan fingerprint density at radius 1 is 1.29 bits per heavy atom. The number of halogens is 1. The molecule has 0 bridgehead atoms. The van der Waals surface area contributed by atoms with E-state index < -0.39 is 0 Å². The van der Waals surface area contributed by atoms with E-state index in [1.54, 1.807) is 12.1 Å². The molecule has 2 rings (SSSR count). The van der Waals surface area contributed by atoms with Gasteiger partial charge >= 0.3 is 0 Å². The molecule has 0 saturated carbocycles. The zero-order valence-electron chi connectivity index (χ0n) is 12.6. The molecule has 1 amide bonds. The second-order valence-corrected chi connectivity index (χ2v) is 5.68. The Hall–Kier alpha value is -1.46. The van der Waals surface area contributed by atoms with Gasteiger partial charge in [0.2, 0.25) is 5.91 Å². The Morgan fingerprint density at radius 2 is 1.95 bits per heavy atom. The predicted molar refractivity (Wildman–Crippen MR) is 81.3 cm³/mol. The van der Waals surface area contributed by atoms with Crippen LogP contribution in [0.1, 0.15) is 18.4 Å². The summed E-state index contributed by atoms with van der Waals surface area (Å²) >= 11 is 0. The highest BCUT2D eigenvalue weighted by Gasteiger charge is 2.20. The van der Waals surface area contributed by atoms with E-state index in [4.69, 9.17) is 0 Å². The Bertz CT molecular complexity index is 441. The van der Waals surface area contributed by atoms with Crippen LogP contribution in [0.5, 0.6) is 0 Å². The summed E-state index contributed by atoms with van der Waals surface area (Å²) in [5.41, 5.74) is 0.914. The van der Waals surface area contributed by atoms with E-state index in [-0.39, 0.29) is 11.7 Å². The van der Waals surface area contributed by atoms with Crippen LogP contribution in [0.3, 0.4) is 0 Å². The minimum Gasteiger partial charge on any atom is -0.351 e. The smallest absolute Gasteiger partial charge is 0.234 e. The molecule has 0 aromatic heterocycles. The highest BCUT2D eigenvalue weighted by Crippen LogP contribution is 2.15. The first-order chi connectivity index (χ1) is 10.2. The molecule has 0 spiro atoms. The summed E-state index contributed by atoms with van der Waals surface area (Å²) in [5.74, 6) is 0.509. The lowest BCUT2D eigenvalue weighted by molar-refractivity contribution is -0.122. The van der Waals surface area contributed by atoms with E-state index in [0.29, 0.717) is 13.1 Å². The molecule has 4 nitrogen and oxygen atoms in total. The lowest BCUT2D eigenvalue weighted by Crippen LogP contribution is -2.42. The molecule has 0 atom stereocenters.